The number of hydrogen-bond donors (Lipinski definition) is 1. The fourth-order valence-corrected chi connectivity index (χ4v) is 3.70. The Morgan fingerprint density at radius 3 is 2.67 bits per heavy atom. The smallest absolute Gasteiger partial charge is 0.236 e. The quantitative estimate of drug-likeness (QED) is 0.878. The van der Waals surface area contributed by atoms with E-state index in [0.29, 0.717) is 13.1 Å². The Balaban J connectivity index is 1.41. The van der Waals surface area contributed by atoms with E-state index in [9.17, 15) is 9.90 Å². The van der Waals surface area contributed by atoms with Gasteiger partial charge in [-0.3, -0.25) is 14.6 Å². The number of β-amino-alcohol motifs (C(OH)–C–C–N with tert-alkyl or cyclic N) is 1. The molecule has 3 rings (SSSR count). The zero-order valence-electron chi connectivity index (χ0n) is 12.3. The minimum atomic E-state index is -0.250. The highest BCUT2D eigenvalue weighted by molar-refractivity contribution is 7.07. The van der Waals surface area contributed by atoms with Crippen LogP contribution in [0.3, 0.4) is 0 Å². The molecule has 116 valence electrons. The minimum absolute atomic E-state index is 0.208. The molecule has 0 bridgehead atoms. The number of piperazine rings is 1. The molecule has 0 aliphatic carbocycles. The number of likely N-dealkylation sites (tertiary alicyclic amines) is 1. The third-order valence-corrected chi connectivity index (χ3v) is 5.05. The molecule has 21 heavy (non-hydrogen) atoms. The van der Waals surface area contributed by atoms with E-state index >= 15 is 0 Å². The first-order valence-corrected chi connectivity index (χ1v) is 8.56. The Kier molecular flexibility index (Phi) is 4.90. The lowest BCUT2D eigenvalue weighted by Crippen LogP contribution is -2.50. The van der Waals surface area contributed by atoms with E-state index < -0.39 is 0 Å². The lowest BCUT2D eigenvalue weighted by atomic mass is 10.2. The SMILES string of the molecule is O=C(CN1CC[C@H](O)C1)N1CCN(Cc2ccsc2)CC1. The largest absolute Gasteiger partial charge is 0.392 e. The predicted molar refractivity (Wildman–Crippen MR) is 83.2 cm³/mol. The standard InChI is InChI=1S/C15H23N3O2S/c19-14-1-3-17(10-14)11-15(20)18-6-4-16(5-7-18)9-13-2-8-21-12-13/h2,8,12,14,19H,1,3-7,9-11H2/t14-/m0/s1. The van der Waals surface area contributed by atoms with Crippen molar-refractivity contribution in [3.8, 4) is 0 Å². The fraction of sp³-hybridized carbons (Fsp3) is 0.667. The second-order valence-electron chi connectivity index (χ2n) is 5.97. The van der Waals surface area contributed by atoms with Crippen molar-refractivity contribution in [3.63, 3.8) is 0 Å². The van der Waals surface area contributed by atoms with Gasteiger partial charge in [0.05, 0.1) is 12.6 Å². The topological polar surface area (TPSA) is 47.0 Å². The number of aliphatic hydroxyl groups excluding tert-OH is 1. The Bertz CT molecular complexity index is 457. The molecule has 2 aliphatic heterocycles. The summed E-state index contributed by atoms with van der Waals surface area (Å²) in [4.78, 5) is 18.7. The number of nitrogens with zero attached hydrogens (tertiary/aromatic N) is 3. The van der Waals surface area contributed by atoms with Gasteiger partial charge < -0.3 is 10.0 Å². The van der Waals surface area contributed by atoms with Crippen LogP contribution in [0.1, 0.15) is 12.0 Å². The van der Waals surface area contributed by atoms with Crippen molar-refractivity contribution in [1.82, 2.24) is 14.7 Å². The van der Waals surface area contributed by atoms with Gasteiger partial charge in [-0.2, -0.15) is 11.3 Å². The van der Waals surface area contributed by atoms with Crippen molar-refractivity contribution in [2.45, 2.75) is 19.1 Å². The number of carbonyl (C=O) groups is 1. The van der Waals surface area contributed by atoms with Gasteiger partial charge in [0.15, 0.2) is 0 Å². The van der Waals surface area contributed by atoms with Gasteiger partial charge in [0.25, 0.3) is 0 Å². The highest BCUT2D eigenvalue weighted by Gasteiger charge is 2.26. The van der Waals surface area contributed by atoms with E-state index in [0.717, 1.165) is 45.7 Å². The summed E-state index contributed by atoms with van der Waals surface area (Å²) in [5.41, 5.74) is 1.37. The number of carbonyl (C=O) groups excluding carboxylic acids is 1. The predicted octanol–water partition coefficient (Wildman–Crippen LogP) is 0.459. The molecule has 2 aliphatic rings. The second kappa shape index (κ2) is 6.87. The van der Waals surface area contributed by atoms with Crippen LogP contribution in [0, 0.1) is 0 Å². The first-order valence-electron chi connectivity index (χ1n) is 7.62. The number of aliphatic hydroxyl groups is 1. The normalized spacial score (nSPS) is 24.6. The van der Waals surface area contributed by atoms with Gasteiger partial charge in [-0.1, -0.05) is 0 Å². The van der Waals surface area contributed by atoms with Crippen LogP contribution in [0.2, 0.25) is 0 Å². The molecule has 2 fully saturated rings. The molecule has 5 nitrogen and oxygen atoms in total. The molecule has 1 amide bonds. The van der Waals surface area contributed by atoms with Crippen molar-refractivity contribution in [2.75, 3.05) is 45.8 Å². The summed E-state index contributed by atoms with van der Waals surface area (Å²) in [6.07, 6.45) is 0.544. The van der Waals surface area contributed by atoms with Crippen LogP contribution >= 0.6 is 11.3 Å². The lowest BCUT2D eigenvalue weighted by Gasteiger charge is -2.35. The van der Waals surface area contributed by atoms with E-state index in [1.807, 2.05) is 4.90 Å². The molecule has 0 unspecified atom stereocenters. The zero-order valence-corrected chi connectivity index (χ0v) is 13.1. The highest BCUT2D eigenvalue weighted by Crippen LogP contribution is 2.13. The molecule has 0 radical (unpaired) electrons. The average molecular weight is 309 g/mol. The molecule has 0 spiro atoms. The molecule has 1 N–H and O–H groups in total. The molecular formula is C15H23N3O2S. The van der Waals surface area contributed by atoms with Crippen LogP contribution in [-0.2, 0) is 11.3 Å². The molecule has 1 aromatic heterocycles. The molecule has 6 heteroatoms. The second-order valence-corrected chi connectivity index (χ2v) is 6.75. The number of rotatable bonds is 4. The summed E-state index contributed by atoms with van der Waals surface area (Å²) in [6, 6.07) is 2.17. The number of thiophene rings is 1. The van der Waals surface area contributed by atoms with Gasteiger partial charge in [-0.05, 0) is 28.8 Å². The van der Waals surface area contributed by atoms with Crippen LogP contribution in [0.25, 0.3) is 0 Å². The summed E-state index contributed by atoms with van der Waals surface area (Å²) in [5, 5.41) is 13.8. The van der Waals surface area contributed by atoms with Gasteiger partial charge in [-0.15, -0.1) is 0 Å². The van der Waals surface area contributed by atoms with Crippen molar-refractivity contribution in [2.24, 2.45) is 0 Å². The van der Waals surface area contributed by atoms with Crippen molar-refractivity contribution >= 4 is 17.2 Å². The summed E-state index contributed by atoms with van der Waals surface area (Å²) < 4.78 is 0. The van der Waals surface area contributed by atoms with Crippen molar-refractivity contribution < 1.29 is 9.90 Å². The van der Waals surface area contributed by atoms with Crippen molar-refractivity contribution in [3.05, 3.63) is 22.4 Å². The maximum Gasteiger partial charge on any atom is 0.236 e. The Morgan fingerprint density at radius 2 is 2.05 bits per heavy atom. The lowest BCUT2D eigenvalue weighted by molar-refractivity contribution is -0.134. The summed E-state index contributed by atoms with van der Waals surface area (Å²) >= 11 is 1.73. The van der Waals surface area contributed by atoms with Gasteiger partial charge in [0.2, 0.25) is 5.91 Å². The van der Waals surface area contributed by atoms with E-state index in [-0.39, 0.29) is 12.0 Å². The van der Waals surface area contributed by atoms with E-state index in [4.69, 9.17) is 0 Å². The van der Waals surface area contributed by atoms with Crippen molar-refractivity contribution in [1.29, 1.82) is 0 Å². The molecule has 3 heterocycles. The third kappa shape index (κ3) is 4.03. The van der Waals surface area contributed by atoms with Crippen LogP contribution in [0.15, 0.2) is 16.8 Å². The van der Waals surface area contributed by atoms with E-state index in [2.05, 4.69) is 26.6 Å². The molecule has 2 saturated heterocycles. The number of amides is 1. The van der Waals surface area contributed by atoms with E-state index in [1.165, 1.54) is 5.56 Å². The van der Waals surface area contributed by atoms with Crippen LogP contribution < -0.4 is 0 Å². The third-order valence-electron chi connectivity index (χ3n) is 4.32. The average Bonchev–Trinajstić information content (AvgIpc) is 3.12. The van der Waals surface area contributed by atoms with Crippen LogP contribution in [0.5, 0.6) is 0 Å². The van der Waals surface area contributed by atoms with Crippen LogP contribution in [0.4, 0.5) is 0 Å². The molecule has 0 aromatic carbocycles. The monoisotopic (exact) mass is 309 g/mol. The Labute approximate surface area is 129 Å². The summed E-state index contributed by atoms with van der Waals surface area (Å²) in [5.74, 6) is 0.208. The fourth-order valence-electron chi connectivity index (χ4n) is 3.04. The minimum Gasteiger partial charge on any atom is -0.392 e. The first kappa shape index (κ1) is 15.0. The van der Waals surface area contributed by atoms with Crippen LogP contribution in [-0.4, -0.2) is 77.6 Å². The highest BCUT2D eigenvalue weighted by atomic mass is 32.1. The zero-order chi connectivity index (χ0) is 14.7. The molecule has 0 saturated carbocycles. The first-order chi connectivity index (χ1) is 10.2. The van der Waals surface area contributed by atoms with E-state index in [1.54, 1.807) is 11.3 Å². The van der Waals surface area contributed by atoms with Gasteiger partial charge >= 0.3 is 0 Å². The number of hydrogen-bond acceptors (Lipinski definition) is 5. The van der Waals surface area contributed by atoms with Gasteiger partial charge in [0, 0.05) is 45.8 Å². The molecule has 1 aromatic rings. The molecular weight excluding hydrogens is 286 g/mol. The summed E-state index contributed by atoms with van der Waals surface area (Å²) in [7, 11) is 0. The summed E-state index contributed by atoms with van der Waals surface area (Å²) in [6.45, 7) is 6.47. The Morgan fingerprint density at radius 1 is 1.24 bits per heavy atom. The maximum absolute atomic E-state index is 12.3. The van der Waals surface area contributed by atoms with Gasteiger partial charge in [-0.25, -0.2) is 0 Å². The maximum atomic E-state index is 12.3. The Hall–Kier alpha value is -0.950. The molecule has 1 atom stereocenters. The van der Waals surface area contributed by atoms with Gasteiger partial charge in [0.1, 0.15) is 0 Å².